The summed E-state index contributed by atoms with van der Waals surface area (Å²) in [5.41, 5.74) is 9.04. The first-order valence-electron chi connectivity index (χ1n) is 13.4. The zero-order chi connectivity index (χ0) is 27.7. The first-order chi connectivity index (χ1) is 17.2. The van der Waals surface area contributed by atoms with Gasteiger partial charge in [-0.15, -0.1) is 0 Å². The summed E-state index contributed by atoms with van der Waals surface area (Å²) in [6.07, 6.45) is 7.30. The molecule has 0 fully saturated rings. The Labute approximate surface area is 223 Å². The molecule has 0 nitrogen and oxygen atoms in total. The highest BCUT2D eigenvalue weighted by Gasteiger charge is 2.20. The van der Waals surface area contributed by atoms with Gasteiger partial charge in [-0.2, -0.15) is 0 Å². The number of allylic oxidation sites excluding steroid dienone is 7. The SMILES string of the molecule is C=C(C)C(=C)/C=C\CC(CCC(=C)C(=C)C)C(C)C(=C)c1ccc(-c2ccccc2)cc1.CC.CC. The van der Waals surface area contributed by atoms with Crippen molar-refractivity contribution >= 4 is 5.57 Å². The van der Waals surface area contributed by atoms with Gasteiger partial charge in [0.05, 0.1) is 0 Å². The molecule has 0 heteroatoms. The molecule has 2 aromatic rings. The van der Waals surface area contributed by atoms with E-state index >= 15 is 0 Å². The van der Waals surface area contributed by atoms with Crippen LogP contribution in [0, 0.1) is 11.8 Å². The van der Waals surface area contributed by atoms with Crippen molar-refractivity contribution in [2.45, 2.75) is 67.7 Å². The van der Waals surface area contributed by atoms with Crippen molar-refractivity contribution in [3.63, 3.8) is 0 Å². The first kappa shape index (κ1) is 32.9. The van der Waals surface area contributed by atoms with Crippen LogP contribution in [-0.4, -0.2) is 0 Å². The van der Waals surface area contributed by atoms with E-state index in [4.69, 9.17) is 0 Å². The molecule has 0 N–H and O–H groups in total. The predicted octanol–water partition coefficient (Wildman–Crippen LogP) is 11.7. The van der Waals surface area contributed by atoms with Crippen molar-refractivity contribution in [2.75, 3.05) is 0 Å². The van der Waals surface area contributed by atoms with Crippen molar-refractivity contribution < 1.29 is 0 Å². The zero-order valence-corrected chi connectivity index (χ0v) is 24.2. The molecule has 0 spiro atoms. The highest BCUT2D eigenvalue weighted by atomic mass is 14.2. The van der Waals surface area contributed by atoms with Gasteiger partial charge in [0.1, 0.15) is 0 Å². The van der Waals surface area contributed by atoms with Gasteiger partial charge in [0, 0.05) is 0 Å². The number of hydrogen-bond donors (Lipinski definition) is 0. The number of rotatable bonds is 12. The van der Waals surface area contributed by atoms with Gasteiger partial charge >= 0.3 is 0 Å². The molecular formula is C36H50. The molecular weight excluding hydrogens is 432 g/mol. The molecule has 0 radical (unpaired) electrons. The van der Waals surface area contributed by atoms with E-state index in [0.717, 1.165) is 41.6 Å². The lowest BCUT2D eigenvalue weighted by Gasteiger charge is -2.26. The predicted molar refractivity (Wildman–Crippen MR) is 167 cm³/mol. The fraction of sp³-hybridized carbons (Fsp3) is 0.333. The Morgan fingerprint density at radius 2 is 1.28 bits per heavy atom. The summed E-state index contributed by atoms with van der Waals surface area (Å²) in [6.45, 7) is 35.1. The van der Waals surface area contributed by atoms with Crippen LogP contribution >= 0.6 is 0 Å². The molecule has 0 saturated carbocycles. The van der Waals surface area contributed by atoms with Gasteiger partial charge in [0.15, 0.2) is 0 Å². The van der Waals surface area contributed by atoms with Crippen LogP contribution in [0.5, 0.6) is 0 Å². The summed E-state index contributed by atoms with van der Waals surface area (Å²) < 4.78 is 0. The number of hydrogen-bond acceptors (Lipinski definition) is 0. The van der Waals surface area contributed by atoms with E-state index in [9.17, 15) is 0 Å². The van der Waals surface area contributed by atoms with Crippen molar-refractivity contribution in [3.8, 4) is 11.1 Å². The van der Waals surface area contributed by atoms with Crippen LogP contribution in [-0.2, 0) is 0 Å². The van der Waals surface area contributed by atoms with Gasteiger partial charge in [0.25, 0.3) is 0 Å². The average molecular weight is 483 g/mol. The second-order valence-electron chi connectivity index (χ2n) is 8.88. The monoisotopic (exact) mass is 482 g/mol. The van der Waals surface area contributed by atoms with Gasteiger partial charge in [-0.1, -0.05) is 151 Å². The third kappa shape index (κ3) is 11.1. The van der Waals surface area contributed by atoms with Crippen LogP contribution in [0.25, 0.3) is 16.7 Å². The lowest BCUT2D eigenvalue weighted by molar-refractivity contribution is 0.406. The van der Waals surface area contributed by atoms with E-state index in [2.05, 4.69) is 101 Å². The topological polar surface area (TPSA) is 0 Å². The molecule has 0 aliphatic rings. The van der Waals surface area contributed by atoms with Crippen LogP contribution in [0.15, 0.2) is 122 Å². The van der Waals surface area contributed by atoms with Crippen molar-refractivity contribution in [3.05, 3.63) is 127 Å². The molecule has 36 heavy (non-hydrogen) atoms. The Balaban J connectivity index is 0.00000291. The fourth-order valence-corrected chi connectivity index (χ4v) is 3.73. The fourth-order valence-electron chi connectivity index (χ4n) is 3.73. The van der Waals surface area contributed by atoms with Crippen LogP contribution in [0.2, 0.25) is 0 Å². The minimum Gasteiger partial charge on any atom is -0.0959 e. The molecule has 0 bridgehead atoms. The molecule has 0 heterocycles. The summed E-state index contributed by atoms with van der Waals surface area (Å²) in [7, 11) is 0. The maximum Gasteiger partial charge on any atom is -0.0159 e. The molecule has 2 atom stereocenters. The van der Waals surface area contributed by atoms with Gasteiger partial charge < -0.3 is 0 Å². The lowest BCUT2D eigenvalue weighted by atomic mass is 9.79. The molecule has 0 aromatic heterocycles. The van der Waals surface area contributed by atoms with E-state index < -0.39 is 0 Å². The normalized spacial score (nSPS) is 11.8. The van der Waals surface area contributed by atoms with E-state index in [-0.39, 0.29) is 0 Å². The number of benzene rings is 2. The second-order valence-corrected chi connectivity index (χ2v) is 8.88. The van der Waals surface area contributed by atoms with Gasteiger partial charge in [-0.25, -0.2) is 0 Å². The maximum atomic E-state index is 4.49. The Morgan fingerprint density at radius 3 is 1.78 bits per heavy atom. The van der Waals surface area contributed by atoms with Crippen LogP contribution in [0.1, 0.15) is 73.3 Å². The summed E-state index contributed by atoms with van der Waals surface area (Å²) in [6, 6.07) is 19.3. The van der Waals surface area contributed by atoms with Crippen molar-refractivity contribution in [1.29, 1.82) is 0 Å². The molecule has 0 aliphatic heterocycles. The van der Waals surface area contributed by atoms with E-state index in [1.54, 1.807) is 0 Å². The van der Waals surface area contributed by atoms with Crippen LogP contribution in [0.4, 0.5) is 0 Å². The van der Waals surface area contributed by atoms with Crippen molar-refractivity contribution in [2.24, 2.45) is 11.8 Å². The molecule has 0 amide bonds. The highest BCUT2D eigenvalue weighted by Crippen LogP contribution is 2.35. The molecule has 2 rings (SSSR count). The maximum absolute atomic E-state index is 4.49. The average Bonchev–Trinajstić information content (AvgIpc) is 2.92. The third-order valence-electron chi connectivity index (χ3n) is 6.35. The molecule has 0 aliphatic carbocycles. The molecule has 2 unspecified atom stereocenters. The molecule has 0 saturated heterocycles. The Bertz CT molecular complexity index is 996. The minimum atomic E-state index is 0.346. The van der Waals surface area contributed by atoms with Gasteiger partial charge in [-0.3, -0.25) is 0 Å². The first-order valence-corrected chi connectivity index (χ1v) is 13.4. The Kier molecular flexibility index (Phi) is 16.6. The van der Waals surface area contributed by atoms with E-state index in [1.807, 2.05) is 47.6 Å². The molecule has 194 valence electrons. The summed E-state index contributed by atoms with van der Waals surface area (Å²) in [5, 5.41) is 0. The van der Waals surface area contributed by atoms with Gasteiger partial charge in [0.2, 0.25) is 0 Å². The highest BCUT2D eigenvalue weighted by molar-refractivity contribution is 5.70. The largest absolute Gasteiger partial charge is 0.0959 e. The zero-order valence-electron chi connectivity index (χ0n) is 24.2. The standard InChI is InChI=1S/C32H38.2C2H6/c1-23(2)25(5)13-12-16-29(18-17-26(6)24(3)4)27(7)28(8)30-19-21-32(22-20-30)31-14-10-9-11-15-31;2*1-2/h9-15,19-22,27,29H,1,3,5-6,8,16-18H2,2,4,7H3;2*1-2H3/b13-12-;;. The summed E-state index contributed by atoms with van der Waals surface area (Å²) in [5.74, 6) is 0.805. The minimum absolute atomic E-state index is 0.346. The second kappa shape index (κ2) is 18.2. The Morgan fingerprint density at radius 1 is 0.750 bits per heavy atom. The van der Waals surface area contributed by atoms with Crippen molar-refractivity contribution in [1.82, 2.24) is 0 Å². The summed E-state index contributed by atoms with van der Waals surface area (Å²) in [4.78, 5) is 0. The smallest absolute Gasteiger partial charge is 0.0159 e. The van der Waals surface area contributed by atoms with Crippen LogP contribution < -0.4 is 0 Å². The summed E-state index contributed by atoms with van der Waals surface area (Å²) >= 11 is 0. The molecule has 2 aromatic carbocycles. The van der Waals surface area contributed by atoms with Crippen LogP contribution in [0.3, 0.4) is 0 Å². The van der Waals surface area contributed by atoms with E-state index in [1.165, 1.54) is 22.3 Å². The lowest BCUT2D eigenvalue weighted by Crippen LogP contribution is -2.13. The van der Waals surface area contributed by atoms with Gasteiger partial charge in [-0.05, 0) is 72.8 Å². The Hall–Kier alpha value is -3.12. The quantitative estimate of drug-likeness (QED) is 0.264. The third-order valence-corrected chi connectivity index (χ3v) is 6.35. The van der Waals surface area contributed by atoms with E-state index in [0.29, 0.717) is 11.8 Å².